The van der Waals surface area contributed by atoms with Crippen LogP contribution in [0.25, 0.3) is 11.3 Å². The minimum Gasteiger partial charge on any atom is -0.398 e. The van der Waals surface area contributed by atoms with Crippen LogP contribution in [-0.4, -0.2) is 4.98 Å². The van der Waals surface area contributed by atoms with Crippen LogP contribution in [0.3, 0.4) is 0 Å². The van der Waals surface area contributed by atoms with Gasteiger partial charge in [0.15, 0.2) is 0 Å². The quantitative estimate of drug-likeness (QED) is 0.893. The summed E-state index contributed by atoms with van der Waals surface area (Å²) in [5, 5.41) is 0.956. The van der Waals surface area contributed by atoms with Gasteiger partial charge in [0, 0.05) is 17.5 Å². The lowest BCUT2D eigenvalue weighted by atomic mass is 10.1. The van der Waals surface area contributed by atoms with Gasteiger partial charge in [-0.05, 0) is 30.7 Å². The Morgan fingerprint density at radius 2 is 1.89 bits per heavy atom. The fraction of sp³-hybridized carbons (Fsp3) is 0.0714. The monoisotopic (exact) mass is 278 g/mol. The second-order valence-corrected chi connectivity index (χ2v) is 4.64. The minimum atomic E-state index is 0.465. The van der Waals surface area contributed by atoms with Gasteiger partial charge in [0.1, 0.15) is 0 Å². The second kappa shape index (κ2) is 5.42. The van der Waals surface area contributed by atoms with Gasteiger partial charge in [-0.1, -0.05) is 41.4 Å². The van der Waals surface area contributed by atoms with Crippen molar-refractivity contribution in [2.45, 2.75) is 6.92 Å². The van der Waals surface area contributed by atoms with Gasteiger partial charge in [-0.3, -0.25) is 4.98 Å². The molecule has 4 heteroatoms. The first-order chi connectivity index (χ1) is 8.61. The molecule has 1 heterocycles. The Kier molecular flexibility index (Phi) is 3.90. The molecule has 0 fully saturated rings. The predicted molar refractivity (Wildman–Crippen MR) is 77.4 cm³/mol. The van der Waals surface area contributed by atoms with Gasteiger partial charge in [-0.15, -0.1) is 0 Å². The Labute approximate surface area is 116 Å². The van der Waals surface area contributed by atoms with Crippen molar-refractivity contribution in [2.75, 3.05) is 0 Å². The summed E-state index contributed by atoms with van der Waals surface area (Å²) >= 11 is 12.1. The number of hydrogen-bond acceptors (Lipinski definition) is 2. The van der Waals surface area contributed by atoms with Crippen molar-refractivity contribution in [2.24, 2.45) is 5.73 Å². The van der Waals surface area contributed by atoms with E-state index in [4.69, 9.17) is 28.9 Å². The van der Waals surface area contributed by atoms with E-state index < -0.39 is 0 Å². The van der Waals surface area contributed by atoms with Gasteiger partial charge in [0.2, 0.25) is 0 Å². The first-order valence-corrected chi connectivity index (χ1v) is 6.19. The maximum Gasteiger partial charge on any atom is 0.0685 e. The van der Waals surface area contributed by atoms with Crippen LogP contribution in [0.2, 0.25) is 10.0 Å². The first kappa shape index (κ1) is 12.9. The average molecular weight is 279 g/mol. The summed E-state index contributed by atoms with van der Waals surface area (Å²) in [6, 6.07) is 11.1. The third kappa shape index (κ3) is 2.50. The molecule has 2 nitrogen and oxygen atoms in total. The maximum atomic E-state index is 6.15. The number of aromatic nitrogens is 1. The van der Waals surface area contributed by atoms with Gasteiger partial charge >= 0.3 is 0 Å². The predicted octanol–water partition coefficient (Wildman–Crippen LogP) is 4.24. The summed E-state index contributed by atoms with van der Waals surface area (Å²) in [6.07, 6.45) is 1.73. The summed E-state index contributed by atoms with van der Waals surface area (Å²) in [4.78, 5) is 4.26. The highest BCUT2D eigenvalue weighted by Crippen LogP contribution is 2.31. The molecule has 0 unspecified atom stereocenters. The van der Waals surface area contributed by atoms with E-state index in [-0.39, 0.29) is 0 Å². The zero-order valence-electron chi connectivity index (χ0n) is 9.82. The molecule has 92 valence electrons. The average Bonchev–Trinajstić information content (AvgIpc) is 2.41. The SMILES string of the molecule is C/C(=C(\N)c1cccc(Cl)c1Cl)c1ccccn1. The molecule has 0 bridgehead atoms. The van der Waals surface area contributed by atoms with E-state index in [0.717, 1.165) is 16.8 Å². The Balaban J connectivity index is 2.54. The van der Waals surface area contributed by atoms with Crippen molar-refractivity contribution in [3.63, 3.8) is 0 Å². The van der Waals surface area contributed by atoms with Crippen molar-refractivity contribution in [3.05, 3.63) is 63.9 Å². The van der Waals surface area contributed by atoms with Crippen LogP contribution in [0.5, 0.6) is 0 Å². The summed E-state index contributed by atoms with van der Waals surface area (Å²) in [6.45, 7) is 1.91. The van der Waals surface area contributed by atoms with Crippen LogP contribution in [0.15, 0.2) is 42.6 Å². The van der Waals surface area contributed by atoms with Gasteiger partial charge < -0.3 is 5.73 Å². The molecule has 0 atom stereocenters. The summed E-state index contributed by atoms with van der Waals surface area (Å²) in [5.74, 6) is 0. The summed E-state index contributed by atoms with van der Waals surface area (Å²) in [7, 11) is 0. The van der Waals surface area contributed by atoms with E-state index >= 15 is 0 Å². The van der Waals surface area contributed by atoms with Crippen LogP contribution in [0, 0.1) is 0 Å². The van der Waals surface area contributed by atoms with E-state index in [1.54, 1.807) is 12.3 Å². The van der Waals surface area contributed by atoms with Gasteiger partial charge in [-0.25, -0.2) is 0 Å². The minimum absolute atomic E-state index is 0.465. The molecule has 0 aliphatic rings. The smallest absolute Gasteiger partial charge is 0.0685 e. The molecular formula is C14H12Cl2N2. The van der Waals surface area contributed by atoms with Gasteiger partial charge in [0.05, 0.1) is 15.7 Å². The van der Waals surface area contributed by atoms with E-state index in [2.05, 4.69) is 4.98 Å². The van der Waals surface area contributed by atoms with Crippen LogP contribution in [0.4, 0.5) is 0 Å². The van der Waals surface area contributed by atoms with E-state index in [9.17, 15) is 0 Å². The van der Waals surface area contributed by atoms with Gasteiger partial charge in [-0.2, -0.15) is 0 Å². The first-order valence-electron chi connectivity index (χ1n) is 5.43. The number of halogens is 2. The standard InChI is InChI=1S/C14H12Cl2N2/c1-9(12-7-2-3-8-18-12)14(17)10-5-4-6-11(15)13(10)16/h2-8H,17H2,1H3/b14-9+. The Hall–Kier alpha value is -1.51. The number of nitrogens with zero attached hydrogens (tertiary/aromatic N) is 1. The number of benzene rings is 1. The molecule has 1 aromatic carbocycles. The zero-order valence-corrected chi connectivity index (χ0v) is 11.3. The highest BCUT2D eigenvalue weighted by atomic mass is 35.5. The highest BCUT2D eigenvalue weighted by molar-refractivity contribution is 6.43. The lowest BCUT2D eigenvalue weighted by molar-refractivity contribution is 1.26. The molecule has 2 rings (SSSR count). The number of hydrogen-bond donors (Lipinski definition) is 1. The molecule has 2 aromatic rings. The third-order valence-corrected chi connectivity index (χ3v) is 3.51. The van der Waals surface area contributed by atoms with Crippen molar-refractivity contribution in [3.8, 4) is 0 Å². The lowest BCUT2D eigenvalue weighted by Crippen LogP contribution is -2.01. The van der Waals surface area contributed by atoms with Crippen molar-refractivity contribution in [1.82, 2.24) is 4.98 Å². The molecule has 0 radical (unpaired) electrons. The molecular weight excluding hydrogens is 267 g/mol. The number of allylic oxidation sites excluding steroid dienone is 1. The number of rotatable bonds is 2. The maximum absolute atomic E-state index is 6.15. The fourth-order valence-electron chi connectivity index (χ4n) is 1.64. The lowest BCUT2D eigenvalue weighted by Gasteiger charge is -2.10. The van der Waals surface area contributed by atoms with Gasteiger partial charge in [0.25, 0.3) is 0 Å². The normalized spacial score (nSPS) is 12.2. The van der Waals surface area contributed by atoms with Crippen molar-refractivity contribution < 1.29 is 0 Å². The highest BCUT2D eigenvalue weighted by Gasteiger charge is 2.10. The number of pyridine rings is 1. The molecule has 0 aliphatic carbocycles. The van der Waals surface area contributed by atoms with E-state index in [0.29, 0.717) is 15.7 Å². The molecule has 0 saturated carbocycles. The van der Waals surface area contributed by atoms with Crippen molar-refractivity contribution in [1.29, 1.82) is 0 Å². The topological polar surface area (TPSA) is 38.9 Å². The molecule has 1 aromatic heterocycles. The third-order valence-electron chi connectivity index (χ3n) is 2.69. The number of nitrogens with two attached hydrogens (primary N) is 1. The molecule has 18 heavy (non-hydrogen) atoms. The largest absolute Gasteiger partial charge is 0.398 e. The van der Waals surface area contributed by atoms with Crippen LogP contribution in [0.1, 0.15) is 18.2 Å². The summed E-state index contributed by atoms with van der Waals surface area (Å²) < 4.78 is 0. The molecule has 2 N–H and O–H groups in total. The Morgan fingerprint density at radius 1 is 1.11 bits per heavy atom. The molecule has 0 spiro atoms. The molecule has 0 amide bonds. The Bertz CT molecular complexity index is 592. The second-order valence-electron chi connectivity index (χ2n) is 3.86. The van der Waals surface area contributed by atoms with Crippen LogP contribution < -0.4 is 5.73 Å². The molecule has 0 aliphatic heterocycles. The molecule has 0 saturated heterocycles. The fourth-order valence-corrected chi connectivity index (χ4v) is 2.04. The van der Waals surface area contributed by atoms with Crippen LogP contribution in [-0.2, 0) is 0 Å². The van der Waals surface area contributed by atoms with E-state index in [1.165, 1.54) is 0 Å². The van der Waals surface area contributed by atoms with Crippen LogP contribution >= 0.6 is 23.2 Å². The van der Waals surface area contributed by atoms with E-state index in [1.807, 2.05) is 37.3 Å². The Morgan fingerprint density at radius 3 is 2.56 bits per heavy atom. The summed E-state index contributed by atoms with van der Waals surface area (Å²) in [5.41, 5.74) is 9.15. The zero-order chi connectivity index (χ0) is 13.1. The van der Waals surface area contributed by atoms with Crippen molar-refractivity contribution >= 4 is 34.5 Å².